The van der Waals surface area contributed by atoms with Gasteiger partial charge in [0, 0.05) is 17.3 Å². The van der Waals surface area contributed by atoms with Crippen LogP contribution in [0.5, 0.6) is 0 Å². The van der Waals surface area contributed by atoms with Gasteiger partial charge in [-0.05, 0) is 38.0 Å². The minimum atomic E-state index is -1.09. The second kappa shape index (κ2) is 6.25. The summed E-state index contributed by atoms with van der Waals surface area (Å²) in [5.74, 6) is -1.17. The number of para-hydroxylation sites is 1. The summed E-state index contributed by atoms with van der Waals surface area (Å²) in [6.45, 7) is 1.31. The lowest BCUT2D eigenvalue weighted by Crippen LogP contribution is -2.36. The monoisotopic (exact) mass is 351 g/mol. The van der Waals surface area contributed by atoms with Crippen molar-refractivity contribution in [2.45, 2.75) is 25.7 Å². The number of aryl methyl sites for hydroxylation is 1. The van der Waals surface area contributed by atoms with E-state index < -0.39 is 18.4 Å². The van der Waals surface area contributed by atoms with E-state index in [9.17, 15) is 14.7 Å². The van der Waals surface area contributed by atoms with Crippen LogP contribution in [0.3, 0.4) is 0 Å². The Hall–Kier alpha value is -3.22. The lowest BCUT2D eigenvalue weighted by Gasteiger charge is -2.21. The van der Waals surface area contributed by atoms with Crippen LogP contribution in [0.25, 0.3) is 11.1 Å². The number of pyridine rings is 1. The second-order valence-electron chi connectivity index (χ2n) is 6.44. The molecule has 3 aromatic rings. The number of rotatable bonds is 5. The average Bonchev–Trinajstić information content (AvgIpc) is 3.43. The van der Waals surface area contributed by atoms with Gasteiger partial charge in [-0.25, -0.2) is 4.98 Å². The molecule has 1 aromatic carbocycles. The number of hydrogen-bond donors (Lipinski definition) is 1. The number of carboxylic acid groups (broad SMARTS) is 1. The number of nitrogens with zero attached hydrogens (tertiary/aromatic N) is 3. The van der Waals surface area contributed by atoms with Crippen LogP contribution in [0.15, 0.2) is 40.9 Å². The highest BCUT2D eigenvalue weighted by Gasteiger charge is 2.30. The molecule has 1 aliphatic rings. The molecule has 132 valence electrons. The van der Waals surface area contributed by atoms with Crippen LogP contribution in [-0.2, 0) is 4.79 Å². The van der Waals surface area contributed by atoms with E-state index in [1.807, 2.05) is 6.07 Å². The predicted octanol–water partition coefficient (Wildman–Crippen LogP) is 3.14. The van der Waals surface area contributed by atoms with Gasteiger partial charge in [0.25, 0.3) is 11.6 Å². The highest BCUT2D eigenvalue weighted by atomic mass is 16.5. The molecule has 1 aliphatic carbocycles. The van der Waals surface area contributed by atoms with E-state index in [-0.39, 0.29) is 0 Å². The Labute approximate surface area is 149 Å². The number of fused-ring (bicyclic) bond motifs is 1. The van der Waals surface area contributed by atoms with E-state index in [1.54, 1.807) is 37.3 Å². The normalized spacial score (nSPS) is 13.7. The molecule has 0 saturated heterocycles. The molecule has 4 rings (SSSR count). The van der Waals surface area contributed by atoms with Gasteiger partial charge in [0.2, 0.25) is 0 Å². The molecular formula is C19H17N3O4. The Balaban J connectivity index is 1.85. The molecule has 1 saturated carbocycles. The number of carboxylic acids is 1. The first-order valence-electron chi connectivity index (χ1n) is 8.40. The van der Waals surface area contributed by atoms with Crippen molar-refractivity contribution < 1.29 is 19.2 Å². The van der Waals surface area contributed by atoms with Gasteiger partial charge in [-0.3, -0.25) is 14.5 Å². The van der Waals surface area contributed by atoms with Gasteiger partial charge in [-0.1, -0.05) is 23.4 Å². The number of carbonyl (C=O) groups excluding carboxylic acids is 1. The van der Waals surface area contributed by atoms with Crippen LogP contribution in [0.1, 0.15) is 40.5 Å². The first-order chi connectivity index (χ1) is 12.5. The summed E-state index contributed by atoms with van der Waals surface area (Å²) in [5.41, 5.74) is 2.56. The number of hydrogen-bond acceptors (Lipinski definition) is 5. The van der Waals surface area contributed by atoms with Crippen LogP contribution >= 0.6 is 0 Å². The van der Waals surface area contributed by atoms with Crippen LogP contribution < -0.4 is 4.90 Å². The zero-order valence-electron chi connectivity index (χ0n) is 14.2. The van der Waals surface area contributed by atoms with E-state index in [4.69, 9.17) is 4.52 Å². The second-order valence-corrected chi connectivity index (χ2v) is 6.44. The molecule has 2 heterocycles. The molecule has 26 heavy (non-hydrogen) atoms. The molecule has 0 atom stereocenters. The number of amides is 1. The summed E-state index contributed by atoms with van der Waals surface area (Å²) in [5, 5.41) is 13.7. The smallest absolute Gasteiger partial charge is 0.323 e. The molecule has 1 amide bonds. The van der Waals surface area contributed by atoms with Crippen molar-refractivity contribution in [1.29, 1.82) is 0 Å². The van der Waals surface area contributed by atoms with E-state index in [0.717, 1.165) is 18.5 Å². The van der Waals surface area contributed by atoms with E-state index >= 15 is 0 Å². The van der Waals surface area contributed by atoms with Crippen LogP contribution in [0.4, 0.5) is 5.69 Å². The topological polar surface area (TPSA) is 96.5 Å². The number of anilines is 1. The van der Waals surface area contributed by atoms with Crippen LogP contribution in [-0.4, -0.2) is 33.7 Å². The van der Waals surface area contributed by atoms with Crippen molar-refractivity contribution in [3.63, 3.8) is 0 Å². The summed E-state index contributed by atoms with van der Waals surface area (Å²) in [4.78, 5) is 30.4. The SMILES string of the molecule is Cc1noc2nc(C3CC3)cc(C(=O)N(CC(=O)O)c3ccccc3)c12. The quantitative estimate of drug-likeness (QED) is 0.758. The number of benzene rings is 1. The molecule has 0 radical (unpaired) electrons. The third-order valence-electron chi connectivity index (χ3n) is 4.47. The molecule has 0 bridgehead atoms. The molecular weight excluding hydrogens is 334 g/mol. The fraction of sp³-hybridized carbons (Fsp3) is 0.263. The zero-order chi connectivity index (χ0) is 18.3. The van der Waals surface area contributed by atoms with Gasteiger partial charge in [0.1, 0.15) is 6.54 Å². The summed E-state index contributed by atoms with van der Waals surface area (Å²) in [7, 11) is 0. The largest absolute Gasteiger partial charge is 0.480 e. The van der Waals surface area contributed by atoms with Crippen LogP contribution in [0.2, 0.25) is 0 Å². The molecule has 1 fully saturated rings. The maximum Gasteiger partial charge on any atom is 0.323 e. The lowest BCUT2D eigenvalue weighted by molar-refractivity contribution is -0.135. The molecule has 0 aliphatic heterocycles. The molecule has 0 unspecified atom stereocenters. The van der Waals surface area contributed by atoms with Gasteiger partial charge in [0.15, 0.2) is 0 Å². The van der Waals surface area contributed by atoms with Crippen molar-refractivity contribution in [3.05, 3.63) is 53.3 Å². The standard InChI is InChI=1S/C19H17N3O4/c1-11-17-14(9-15(12-7-8-12)20-18(17)26-21-11)19(25)22(10-16(23)24)13-5-3-2-4-6-13/h2-6,9,12H,7-8,10H2,1H3,(H,23,24). The third-order valence-corrected chi connectivity index (χ3v) is 4.47. The van der Waals surface area contributed by atoms with Crippen LogP contribution in [0, 0.1) is 6.92 Å². The zero-order valence-corrected chi connectivity index (χ0v) is 14.2. The van der Waals surface area contributed by atoms with Crippen molar-refractivity contribution in [2.24, 2.45) is 0 Å². The van der Waals surface area contributed by atoms with Crippen molar-refractivity contribution in [1.82, 2.24) is 10.1 Å². The Kier molecular flexibility index (Phi) is 3.91. The van der Waals surface area contributed by atoms with Gasteiger partial charge in [0.05, 0.1) is 16.6 Å². The van der Waals surface area contributed by atoms with E-state index in [1.165, 1.54) is 4.90 Å². The summed E-state index contributed by atoms with van der Waals surface area (Å²) in [6.07, 6.45) is 2.05. The maximum absolute atomic E-state index is 13.3. The lowest BCUT2D eigenvalue weighted by atomic mass is 10.1. The summed E-state index contributed by atoms with van der Waals surface area (Å²) >= 11 is 0. The Morgan fingerprint density at radius 3 is 2.65 bits per heavy atom. The summed E-state index contributed by atoms with van der Waals surface area (Å²) in [6, 6.07) is 10.5. The number of aliphatic carboxylic acids is 1. The van der Waals surface area contributed by atoms with Gasteiger partial charge in [-0.2, -0.15) is 0 Å². The number of aromatic nitrogens is 2. The van der Waals surface area contributed by atoms with E-state index in [0.29, 0.717) is 34.0 Å². The number of carbonyl (C=O) groups is 2. The minimum Gasteiger partial charge on any atom is -0.480 e. The Morgan fingerprint density at radius 1 is 1.27 bits per heavy atom. The molecule has 1 N–H and O–H groups in total. The average molecular weight is 351 g/mol. The van der Waals surface area contributed by atoms with Crippen molar-refractivity contribution >= 4 is 28.7 Å². The summed E-state index contributed by atoms with van der Waals surface area (Å²) < 4.78 is 5.28. The van der Waals surface area contributed by atoms with E-state index in [2.05, 4.69) is 10.1 Å². The van der Waals surface area contributed by atoms with Crippen molar-refractivity contribution in [2.75, 3.05) is 11.4 Å². The first kappa shape index (κ1) is 16.3. The molecule has 7 nitrogen and oxygen atoms in total. The fourth-order valence-electron chi connectivity index (χ4n) is 3.04. The molecule has 7 heteroatoms. The molecule has 0 spiro atoms. The van der Waals surface area contributed by atoms with Gasteiger partial charge >= 0.3 is 5.97 Å². The predicted molar refractivity (Wildman–Crippen MR) is 94.3 cm³/mol. The third kappa shape index (κ3) is 2.92. The Morgan fingerprint density at radius 2 is 2.00 bits per heavy atom. The minimum absolute atomic E-state index is 0.318. The fourth-order valence-corrected chi connectivity index (χ4v) is 3.04. The van der Waals surface area contributed by atoms with Gasteiger partial charge < -0.3 is 9.63 Å². The van der Waals surface area contributed by atoms with Crippen molar-refractivity contribution in [3.8, 4) is 0 Å². The highest BCUT2D eigenvalue weighted by molar-refractivity contribution is 6.14. The highest BCUT2D eigenvalue weighted by Crippen LogP contribution is 2.40. The maximum atomic E-state index is 13.3. The molecule has 2 aromatic heterocycles. The Bertz CT molecular complexity index is 993. The van der Waals surface area contributed by atoms with Gasteiger partial charge in [-0.15, -0.1) is 0 Å². The first-order valence-corrected chi connectivity index (χ1v) is 8.40.